The number of nitrogens with one attached hydrogen (secondary N) is 1. The molecule has 144 valence electrons. The van der Waals surface area contributed by atoms with Crippen molar-refractivity contribution in [1.29, 1.82) is 0 Å². The molecule has 0 radical (unpaired) electrons. The Labute approximate surface area is 165 Å². The van der Waals surface area contributed by atoms with Crippen LogP contribution < -0.4 is 5.32 Å². The zero-order valence-electron chi connectivity index (χ0n) is 16.3. The van der Waals surface area contributed by atoms with Crippen molar-refractivity contribution in [1.82, 2.24) is 10.3 Å². The number of aliphatic imine (C=N–C) groups is 1. The predicted octanol–water partition coefficient (Wildman–Crippen LogP) is 3.96. The van der Waals surface area contributed by atoms with Crippen LogP contribution in [-0.2, 0) is 0 Å². The van der Waals surface area contributed by atoms with E-state index in [2.05, 4.69) is 15.3 Å². The maximum Gasteiger partial charge on any atom is 0.269 e. The number of Topliss-reactive ketones (excluding diaryl/α,β-unsaturated/α-hetero) is 1. The molecule has 0 bridgehead atoms. The summed E-state index contributed by atoms with van der Waals surface area (Å²) in [6.07, 6.45) is 5.91. The van der Waals surface area contributed by atoms with Crippen LogP contribution in [0.15, 0.2) is 59.1 Å². The van der Waals surface area contributed by atoms with Gasteiger partial charge in [0, 0.05) is 36.9 Å². The number of amides is 1. The molecule has 1 N–H and O–H groups in total. The number of aromatic nitrogens is 1. The van der Waals surface area contributed by atoms with E-state index in [1.807, 2.05) is 55.6 Å². The highest BCUT2D eigenvalue weighted by Crippen LogP contribution is 2.24. The van der Waals surface area contributed by atoms with Crippen LogP contribution in [0.2, 0.25) is 0 Å². The summed E-state index contributed by atoms with van der Waals surface area (Å²) in [7, 11) is 1.57. The number of carbonyl (C=O) groups is 2. The van der Waals surface area contributed by atoms with E-state index in [0.717, 1.165) is 30.6 Å². The van der Waals surface area contributed by atoms with Gasteiger partial charge in [0.05, 0.1) is 6.54 Å². The Balaban J connectivity index is 1.80. The molecule has 0 unspecified atom stereocenters. The first kappa shape index (κ1) is 19.7. The van der Waals surface area contributed by atoms with Crippen molar-refractivity contribution in [3.8, 4) is 0 Å². The van der Waals surface area contributed by atoms with Crippen molar-refractivity contribution < 1.29 is 9.59 Å². The molecule has 0 saturated carbocycles. The molecule has 2 heterocycles. The lowest BCUT2D eigenvalue weighted by Crippen LogP contribution is -2.21. The lowest BCUT2D eigenvalue weighted by Gasteiger charge is -2.14. The molecule has 5 heteroatoms. The molecule has 3 rings (SSSR count). The normalized spacial score (nSPS) is 13.9. The molecule has 28 heavy (non-hydrogen) atoms. The summed E-state index contributed by atoms with van der Waals surface area (Å²) in [4.78, 5) is 33.6. The SMILES string of the molecule is CNC(=O)c1cc(C(=O)CCCC2=CC=NC2)cc([C@@H](C)c2ccccc2)n1. The zero-order valence-corrected chi connectivity index (χ0v) is 16.3. The smallest absolute Gasteiger partial charge is 0.269 e. The van der Waals surface area contributed by atoms with Gasteiger partial charge in [-0.1, -0.05) is 37.3 Å². The van der Waals surface area contributed by atoms with Crippen molar-refractivity contribution in [3.05, 3.63) is 76.6 Å². The largest absolute Gasteiger partial charge is 0.354 e. The van der Waals surface area contributed by atoms with Gasteiger partial charge < -0.3 is 5.32 Å². The van der Waals surface area contributed by atoms with Gasteiger partial charge >= 0.3 is 0 Å². The van der Waals surface area contributed by atoms with E-state index in [1.165, 1.54) is 5.57 Å². The average molecular weight is 375 g/mol. The van der Waals surface area contributed by atoms with Gasteiger partial charge in [0.2, 0.25) is 0 Å². The fourth-order valence-electron chi connectivity index (χ4n) is 3.26. The van der Waals surface area contributed by atoms with E-state index in [-0.39, 0.29) is 23.3 Å². The van der Waals surface area contributed by atoms with Crippen molar-refractivity contribution in [2.75, 3.05) is 13.6 Å². The first-order valence-corrected chi connectivity index (χ1v) is 9.58. The summed E-state index contributed by atoms with van der Waals surface area (Å²) in [5.74, 6) is -0.267. The summed E-state index contributed by atoms with van der Waals surface area (Å²) in [5, 5.41) is 2.60. The van der Waals surface area contributed by atoms with Crippen molar-refractivity contribution in [2.24, 2.45) is 4.99 Å². The van der Waals surface area contributed by atoms with Crippen LogP contribution in [0.5, 0.6) is 0 Å². The number of allylic oxidation sites excluding steroid dienone is 1. The van der Waals surface area contributed by atoms with Gasteiger partial charge in [-0.25, -0.2) is 4.98 Å². The van der Waals surface area contributed by atoms with E-state index >= 15 is 0 Å². The summed E-state index contributed by atoms with van der Waals surface area (Å²) in [5.41, 5.74) is 3.89. The number of pyridine rings is 1. The first-order chi connectivity index (χ1) is 13.6. The third-order valence-corrected chi connectivity index (χ3v) is 4.98. The van der Waals surface area contributed by atoms with Gasteiger partial charge in [-0.2, -0.15) is 0 Å². The van der Waals surface area contributed by atoms with Crippen molar-refractivity contribution >= 4 is 17.9 Å². The Hall–Kier alpha value is -3.08. The Morgan fingerprint density at radius 2 is 1.96 bits per heavy atom. The minimum Gasteiger partial charge on any atom is -0.354 e. The molecule has 1 amide bonds. The van der Waals surface area contributed by atoms with E-state index in [4.69, 9.17) is 0 Å². The van der Waals surface area contributed by atoms with E-state index in [9.17, 15) is 9.59 Å². The fourth-order valence-corrected chi connectivity index (χ4v) is 3.26. The predicted molar refractivity (Wildman–Crippen MR) is 111 cm³/mol. The molecule has 0 aliphatic carbocycles. The molecule has 0 spiro atoms. The monoisotopic (exact) mass is 375 g/mol. The maximum atomic E-state index is 12.8. The van der Waals surface area contributed by atoms with Crippen LogP contribution in [0.25, 0.3) is 0 Å². The highest BCUT2D eigenvalue weighted by atomic mass is 16.1. The van der Waals surface area contributed by atoms with Crippen LogP contribution in [0.1, 0.15) is 64.2 Å². The van der Waals surface area contributed by atoms with E-state index < -0.39 is 0 Å². The minimum atomic E-state index is -0.288. The molecule has 0 fully saturated rings. The van der Waals surface area contributed by atoms with Crippen LogP contribution in [0, 0.1) is 0 Å². The third-order valence-electron chi connectivity index (χ3n) is 4.98. The van der Waals surface area contributed by atoms with Gasteiger partial charge in [-0.05, 0) is 42.2 Å². The van der Waals surface area contributed by atoms with Gasteiger partial charge in [0.1, 0.15) is 5.69 Å². The highest BCUT2D eigenvalue weighted by Gasteiger charge is 2.18. The third kappa shape index (κ3) is 4.80. The second-order valence-electron chi connectivity index (χ2n) is 6.97. The minimum absolute atomic E-state index is 0.0156. The number of rotatable bonds is 8. The summed E-state index contributed by atoms with van der Waals surface area (Å²) >= 11 is 0. The molecule has 1 aromatic heterocycles. The average Bonchev–Trinajstić information content (AvgIpc) is 3.26. The van der Waals surface area contributed by atoms with Crippen LogP contribution >= 0.6 is 0 Å². The standard InChI is InChI=1S/C23H25N3O2/c1-16(18-8-4-3-5-9-18)20-13-19(14-21(26-20)23(28)24-2)22(27)10-6-7-17-11-12-25-15-17/h3-5,8-9,11-14,16H,6-7,10,15H2,1-2H3,(H,24,28)/t16-/m0/s1. The van der Waals surface area contributed by atoms with Gasteiger partial charge in [0.15, 0.2) is 5.78 Å². The van der Waals surface area contributed by atoms with Crippen LogP contribution in [0.3, 0.4) is 0 Å². The van der Waals surface area contributed by atoms with Gasteiger partial charge in [-0.3, -0.25) is 14.6 Å². The second-order valence-corrected chi connectivity index (χ2v) is 6.97. The number of hydrogen-bond acceptors (Lipinski definition) is 4. The molecule has 1 atom stereocenters. The highest BCUT2D eigenvalue weighted by molar-refractivity contribution is 5.99. The number of hydrogen-bond donors (Lipinski definition) is 1. The Bertz CT molecular complexity index is 917. The van der Waals surface area contributed by atoms with Crippen LogP contribution in [-0.4, -0.2) is 36.5 Å². The van der Waals surface area contributed by atoms with Crippen molar-refractivity contribution in [2.45, 2.75) is 32.1 Å². The summed E-state index contributed by atoms with van der Waals surface area (Å²) < 4.78 is 0. The second kappa shape index (κ2) is 9.22. The Morgan fingerprint density at radius 1 is 1.18 bits per heavy atom. The van der Waals surface area contributed by atoms with Crippen molar-refractivity contribution in [3.63, 3.8) is 0 Å². The lowest BCUT2D eigenvalue weighted by molar-refractivity contribution is 0.0958. The Kier molecular flexibility index (Phi) is 6.48. The fraction of sp³-hybridized carbons (Fsp3) is 0.304. The molecule has 1 aliphatic heterocycles. The molecule has 1 aliphatic rings. The van der Waals surface area contributed by atoms with E-state index in [0.29, 0.717) is 12.0 Å². The van der Waals surface area contributed by atoms with Gasteiger partial charge in [0.25, 0.3) is 5.91 Å². The number of benzene rings is 1. The Morgan fingerprint density at radius 3 is 2.64 bits per heavy atom. The molecule has 2 aromatic rings. The quantitative estimate of drug-likeness (QED) is 0.710. The lowest BCUT2D eigenvalue weighted by atomic mass is 9.94. The van der Waals surface area contributed by atoms with Crippen LogP contribution in [0.4, 0.5) is 0 Å². The molecular weight excluding hydrogens is 350 g/mol. The van der Waals surface area contributed by atoms with Gasteiger partial charge in [-0.15, -0.1) is 0 Å². The first-order valence-electron chi connectivity index (χ1n) is 9.58. The molecule has 5 nitrogen and oxygen atoms in total. The molecule has 0 saturated heterocycles. The molecule has 1 aromatic carbocycles. The van der Waals surface area contributed by atoms with E-state index in [1.54, 1.807) is 13.1 Å². The summed E-state index contributed by atoms with van der Waals surface area (Å²) in [6.45, 7) is 2.77. The number of carbonyl (C=O) groups excluding carboxylic acids is 2. The molecular formula is C23H25N3O2. The number of nitrogens with zero attached hydrogens (tertiary/aromatic N) is 2. The topological polar surface area (TPSA) is 71.4 Å². The zero-order chi connectivity index (χ0) is 19.9. The number of ketones is 1. The summed E-state index contributed by atoms with van der Waals surface area (Å²) in [6, 6.07) is 13.4. The maximum absolute atomic E-state index is 12.8.